The zero-order chi connectivity index (χ0) is 24.6. The van der Waals surface area contributed by atoms with Crippen molar-refractivity contribution in [2.75, 3.05) is 17.6 Å². The fourth-order valence-electron chi connectivity index (χ4n) is 4.91. The summed E-state index contributed by atoms with van der Waals surface area (Å²) in [5, 5.41) is 3.51. The van der Waals surface area contributed by atoms with Crippen LogP contribution in [0.5, 0.6) is 0 Å². The summed E-state index contributed by atoms with van der Waals surface area (Å²) in [4.78, 5) is 32.6. The van der Waals surface area contributed by atoms with Gasteiger partial charge < -0.3 is 11.1 Å². The van der Waals surface area contributed by atoms with E-state index in [0.717, 1.165) is 37.2 Å². The summed E-state index contributed by atoms with van der Waals surface area (Å²) in [7, 11) is -3.25. The van der Waals surface area contributed by atoms with Gasteiger partial charge in [0.15, 0.2) is 15.0 Å². The van der Waals surface area contributed by atoms with Crippen LogP contribution in [-0.2, 0) is 32.4 Å². The van der Waals surface area contributed by atoms with E-state index in [2.05, 4.69) is 24.1 Å². The van der Waals surface area contributed by atoms with Gasteiger partial charge >= 0.3 is 0 Å². The van der Waals surface area contributed by atoms with Gasteiger partial charge in [0.2, 0.25) is 11.8 Å². The molecule has 0 bridgehead atoms. The average molecular weight is 505 g/mol. The molecule has 1 aromatic carbocycles. The minimum Gasteiger partial charge on any atom is -0.369 e. The van der Waals surface area contributed by atoms with Crippen molar-refractivity contribution in [1.82, 2.24) is 9.88 Å². The van der Waals surface area contributed by atoms with Gasteiger partial charge in [-0.25, -0.2) is 13.4 Å². The number of benzene rings is 1. The van der Waals surface area contributed by atoms with Gasteiger partial charge in [0.25, 0.3) is 0 Å². The molecular formula is C24H32N4O4S2. The SMILES string of the molecule is CCS(=O)(=O)c1ccc(CC(=O)Nc2nc3c(s2)CN(CC2CC(C(N)=O)C2)C3C(C)C)cc1. The average Bonchev–Trinajstić information content (AvgIpc) is 3.26. The number of hydrogen-bond donors (Lipinski definition) is 2. The molecule has 1 fully saturated rings. The molecule has 1 aromatic heterocycles. The van der Waals surface area contributed by atoms with Gasteiger partial charge in [-0.1, -0.05) is 32.9 Å². The maximum Gasteiger partial charge on any atom is 0.230 e. The summed E-state index contributed by atoms with van der Waals surface area (Å²) in [6, 6.07) is 6.65. The third-order valence-corrected chi connectivity index (χ3v) is 9.51. The Bertz CT molecular complexity index is 1170. The van der Waals surface area contributed by atoms with E-state index >= 15 is 0 Å². The molecule has 1 aliphatic heterocycles. The highest BCUT2D eigenvalue weighted by Gasteiger charge is 2.40. The molecule has 1 unspecified atom stereocenters. The van der Waals surface area contributed by atoms with Crippen molar-refractivity contribution in [3.05, 3.63) is 40.4 Å². The number of nitrogens with zero attached hydrogens (tertiary/aromatic N) is 2. The van der Waals surface area contributed by atoms with Crippen molar-refractivity contribution in [3.8, 4) is 0 Å². The summed E-state index contributed by atoms with van der Waals surface area (Å²) in [6.07, 6.45) is 1.88. The molecule has 2 heterocycles. The standard InChI is InChI=1S/C24H32N4O4S2/c1-4-34(31,32)18-7-5-15(6-8-18)11-20(29)26-24-27-21-19(33-24)13-28(22(21)14(2)3)12-16-9-17(10-16)23(25)30/h5-8,14,16-17,22H,4,9-13H2,1-3H3,(H2,25,30)(H,26,27,29). The molecule has 1 aliphatic carbocycles. The fourth-order valence-corrected chi connectivity index (χ4v) is 6.84. The third kappa shape index (κ3) is 5.18. The minimum atomic E-state index is -3.25. The van der Waals surface area contributed by atoms with E-state index in [1.807, 2.05) is 0 Å². The summed E-state index contributed by atoms with van der Waals surface area (Å²) in [6.45, 7) is 7.70. The molecule has 2 aliphatic rings. The topological polar surface area (TPSA) is 122 Å². The number of primary amides is 1. The van der Waals surface area contributed by atoms with E-state index in [1.165, 1.54) is 16.2 Å². The van der Waals surface area contributed by atoms with Crippen LogP contribution in [0, 0.1) is 17.8 Å². The second-order valence-corrected chi connectivity index (χ2v) is 13.0. The Morgan fingerprint density at radius 1 is 1.24 bits per heavy atom. The van der Waals surface area contributed by atoms with Crippen LogP contribution in [0.4, 0.5) is 5.13 Å². The van der Waals surface area contributed by atoms with Crippen molar-refractivity contribution >= 4 is 38.1 Å². The Balaban J connectivity index is 1.36. The zero-order valence-electron chi connectivity index (χ0n) is 19.8. The van der Waals surface area contributed by atoms with E-state index in [1.54, 1.807) is 31.2 Å². The molecule has 34 heavy (non-hydrogen) atoms. The van der Waals surface area contributed by atoms with Crippen LogP contribution in [0.2, 0.25) is 0 Å². The predicted molar refractivity (Wildman–Crippen MR) is 132 cm³/mol. The molecule has 2 aromatic rings. The maximum atomic E-state index is 12.6. The molecule has 0 saturated heterocycles. The lowest BCUT2D eigenvalue weighted by Crippen LogP contribution is -2.41. The van der Waals surface area contributed by atoms with Crippen LogP contribution >= 0.6 is 11.3 Å². The lowest BCUT2D eigenvalue weighted by atomic mass is 9.74. The Labute approximate surface area is 204 Å². The highest BCUT2D eigenvalue weighted by molar-refractivity contribution is 7.91. The first-order chi connectivity index (χ1) is 16.1. The fraction of sp³-hybridized carbons (Fsp3) is 0.542. The second-order valence-electron chi connectivity index (χ2n) is 9.65. The molecule has 0 radical (unpaired) electrons. The number of fused-ring (bicyclic) bond motifs is 1. The highest BCUT2D eigenvalue weighted by atomic mass is 32.2. The lowest BCUT2D eigenvalue weighted by Gasteiger charge is -2.38. The number of carbonyl (C=O) groups excluding carboxylic acids is 2. The molecule has 0 spiro atoms. The number of sulfone groups is 1. The number of aromatic nitrogens is 1. The molecule has 10 heteroatoms. The summed E-state index contributed by atoms with van der Waals surface area (Å²) < 4.78 is 23.9. The van der Waals surface area contributed by atoms with E-state index in [9.17, 15) is 18.0 Å². The number of anilines is 1. The van der Waals surface area contributed by atoms with Crippen LogP contribution in [0.25, 0.3) is 0 Å². The van der Waals surface area contributed by atoms with Crippen LogP contribution in [-0.4, -0.2) is 42.4 Å². The highest BCUT2D eigenvalue weighted by Crippen LogP contribution is 2.44. The molecule has 8 nitrogen and oxygen atoms in total. The quantitative estimate of drug-likeness (QED) is 0.541. The summed E-state index contributed by atoms with van der Waals surface area (Å²) >= 11 is 1.51. The van der Waals surface area contributed by atoms with E-state index < -0.39 is 9.84 Å². The molecule has 1 saturated carbocycles. The van der Waals surface area contributed by atoms with Crippen LogP contribution < -0.4 is 11.1 Å². The van der Waals surface area contributed by atoms with Gasteiger partial charge in [-0.05, 0) is 42.4 Å². The largest absolute Gasteiger partial charge is 0.369 e. The summed E-state index contributed by atoms with van der Waals surface area (Å²) in [5.41, 5.74) is 7.20. The van der Waals surface area contributed by atoms with Gasteiger partial charge in [0.05, 0.1) is 28.8 Å². The smallest absolute Gasteiger partial charge is 0.230 e. The number of rotatable bonds is 9. The normalized spacial score (nSPS) is 22.4. The van der Waals surface area contributed by atoms with Gasteiger partial charge in [0, 0.05) is 23.9 Å². The minimum absolute atomic E-state index is 0.0198. The van der Waals surface area contributed by atoms with E-state index in [4.69, 9.17) is 10.7 Å². The zero-order valence-corrected chi connectivity index (χ0v) is 21.4. The van der Waals surface area contributed by atoms with Crippen LogP contribution in [0.15, 0.2) is 29.2 Å². The molecule has 3 N–H and O–H groups in total. The monoisotopic (exact) mass is 504 g/mol. The number of nitrogens with one attached hydrogen (secondary N) is 1. The van der Waals surface area contributed by atoms with Crippen molar-refractivity contribution in [2.45, 2.75) is 57.5 Å². The van der Waals surface area contributed by atoms with Gasteiger partial charge in [-0.2, -0.15) is 0 Å². The molecule has 184 valence electrons. The van der Waals surface area contributed by atoms with Crippen LogP contribution in [0.3, 0.4) is 0 Å². The second kappa shape index (κ2) is 9.75. The number of hydrogen-bond acceptors (Lipinski definition) is 7. The van der Waals surface area contributed by atoms with Crippen molar-refractivity contribution in [2.24, 2.45) is 23.5 Å². The third-order valence-electron chi connectivity index (χ3n) is 6.78. The van der Waals surface area contributed by atoms with Gasteiger partial charge in [-0.15, -0.1) is 11.3 Å². The first-order valence-corrected chi connectivity index (χ1v) is 14.2. The predicted octanol–water partition coefficient (Wildman–Crippen LogP) is 3.14. The number of carbonyl (C=O) groups is 2. The van der Waals surface area contributed by atoms with E-state index in [-0.39, 0.29) is 40.8 Å². The summed E-state index contributed by atoms with van der Waals surface area (Å²) in [5.74, 6) is 0.559. The first kappa shape index (κ1) is 24.8. The molecule has 4 rings (SSSR count). The Morgan fingerprint density at radius 3 is 2.50 bits per heavy atom. The number of nitrogens with two attached hydrogens (primary N) is 1. The Morgan fingerprint density at radius 2 is 1.91 bits per heavy atom. The number of thiazole rings is 1. The molecule has 1 atom stereocenters. The Kier molecular flexibility index (Phi) is 7.12. The van der Waals surface area contributed by atoms with Gasteiger partial charge in [-0.3, -0.25) is 14.5 Å². The first-order valence-electron chi connectivity index (χ1n) is 11.7. The van der Waals surface area contributed by atoms with Crippen molar-refractivity contribution in [1.29, 1.82) is 0 Å². The van der Waals surface area contributed by atoms with Crippen molar-refractivity contribution in [3.63, 3.8) is 0 Å². The molecule has 2 amide bonds. The lowest BCUT2D eigenvalue weighted by molar-refractivity contribution is -0.126. The van der Waals surface area contributed by atoms with Crippen molar-refractivity contribution < 1.29 is 18.0 Å². The maximum absolute atomic E-state index is 12.6. The Hall–Kier alpha value is -2.30. The number of amides is 2. The van der Waals surface area contributed by atoms with Crippen LogP contribution in [0.1, 0.15) is 55.8 Å². The molecular weight excluding hydrogens is 472 g/mol. The van der Waals surface area contributed by atoms with E-state index in [0.29, 0.717) is 17.0 Å². The van der Waals surface area contributed by atoms with Gasteiger partial charge in [0.1, 0.15) is 0 Å².